The van der Waals surface area contributed by atoms with Crippen LogP contribution in [0.1, 0.15) is 17.8 Å². The zero-order valence-corrected chi connectivity index (χ0v) is 10.2. The molecule has 0 aliphatic rings. The Hall–Kier alpha value is -0.680. The zero-order chi connectivity index (χ0) is 9.97. The van der Waals surface area contributed by atoms with Crippen LogP contribution < -0.4 is 0 Å². The summed E-state index contributed by atoms with van der Waals surface area (Å²) in [7, 11) is 0. The lowest BCUT2D eigenvalue weighted by Gasteiger charge is -2.01. The van der Waals surface area contributed by atoms with Crippen molar-refractivity contribution in [2.24, 2.45) is 0 Å². The predicted molar refractivity (Wildman–Crippen MR) is 60.5 cm³/mol. The van der Waals surface area contributed by atoms with Crippen LogP contribution >= 0.6 is 27.3 Å². The first-order valence-corrected chi connectivity index (χ1v) is 6.06. The van der Waals surface area contributed by atoms with Crippen LogP contribution in [0.15, 0.2) is 22.4 Å². The molecule has 14 heavy (non-hydrogen) atoms. The summed E-state index contributed by atoms with van der Waals surface area (Å²) in [5, 5.41) is 3.09. The van der Waals surface area contributed by atoms with E-state index in [9.17, 15) is 0 Å². The van der Waals surface area contributed by atoms with Gasteiger partial charge in [0.2, 0.25) is 0 Å². The van der Waals surface area contributed by atoms with E-state index in [-0.39, 0.29) is 0 Å². The van der Waals surface area contributed by atoms with Gasteiger partial charge in [-0.1, -0.05) is 0 Å². The van der Waals surface area contributed by atoms with Crippen LogP contribution in [0.5, 0.6) is 0 Å². The van der Waals surface area contributed by atoms with E-state index in [0.29, 0.717) is 0 Å². The lowest BCUT2D eigenvalue weighted by atomic mass is 10.4. The largest absolute Gasteiger partial charge is 0.335 e. The molecule has 2 aromatic rings. The number of halogens is 1. The van der Waals surface area contributed by atoms with E-state index in [1.54, 1.807) is 11.3 Å². The van der Waals surface area contributed by atoms with Gasteiger partial charge in [0.1, 0.15) is 15.4 Å². The quantitative estimate of drug-likeness (QED) is 0.860. The Morgan fingerprint density at radius 1 is 1.57 bits per heavy atom. The fraction of sp³-hybridized carbons (Fsp3) is 0.333. The van der Waals surface area contributed by atoms with Crippen LogP contribution in [0.4, 0.5) is 0 Å². The summed E-state index contributed by atoms with van der Waals surface area (Å²) < 4.78 is 3.04. The highest BCUT2D eigenvalue weighted by Gasteiger charge is 2.05. The number of hydrogen-bond donors (Lipinski definition) is 0. The minimum Gasteiger partial charge on any atom is -0.335 e. The van der Waals surface area contributed by atoms with E-state index in [1.165, 1.54) is 0 Å². The molecule has 0 aromatic carbocycles. The molecule has 0 atom stereocenters. The Kier molecular flexibility index (Phi) is 2.98. The van der Waals surface area contributed by atoms with Crippen LogP contribution in [-0.4, -0.2) is 14.5 Å². The number of thiazole rings is 1. The first-order chi connectivity index (χ1) is 6.79. The molecule has 0 radical (unpaired) electrons. The minimum absolute atomic E-state index is 0.817. The van der Waals surface area contributed by atoms with Gasteiger partial charge in [-0.05, 0) is 22.9 Å². The molecule has 0 saturated heterocycles. The average molecular weight is 272 g/mol. The molecule has 74 valence electrons. The molecule has 0 spiro atoms. The van der Waals surface area contributed by atoms with Gasteiger partial charge >= 0.3 is 0 Å². The number of hydrogen-bond acceptors (Lipinski definition) is 3. The van der Waals surface area contributed by atoms with E-state index in [4.69, 9.17) is 0 Å². The first kappa shape index (κ1) is 9.86. The lowest BCUT2D eigenvalue weighted by molar-refractivity contribution is 0.711. The first-order valence-electron chi connectivity index (χ1n) is 4.39. The molecule has 0 aliphatic carbocycles. The Balaban J connectivity index is 2.18. The van der Waals surface area contributed by atoms with Gasteiger partial charge in [-0.3, -0.25) is 0 Å². The topological polar surface area (TPSA) is 30.7 Å². The molecule has 0 N–H and O–H groups in total. The molecule has 2 heterocycles. The Morgan fingerprint density at radius 2 is 2.43 bits per heavy atom. The molecular weight excluding hydrogens is 262 g/mol. The number of nitrogens with zero attached hydrogens (tertiary/aromatic N) is 3. The van der Waals surface area contributed by atoms with Crippen molar-refractivity contribution in [2.45, 2.75) is 19.9 Å². The third-order valence-electron chi connectivity index (χ3n) is 1.98. The second-order valence-corrected chi connectivity index (χ2v) is 4.63. The lowest BCUT2D eigenvalue weighted by Crippen LogP contribution is -2.01. The molecule has 0 amide bonds. The van der Waals surface area contributed by atoms with Crippen molar-refractivity contribution in [1.29, 1.82) is 0 Å². The Morgan fingerprint density at radius 3 is 3.07 bits per heavy atom. The Labute approximate surface area is 94.9 Å². The fourth-order valence-corrected chi connectivity index (χ4v) is 2.56. The standard InChI is InChI=1S/C9H10BrN3S/c1-2-13-4-3-11-8(13)5-9-12-7(10)6-14-9/h3-4,6H,2,5H2,1H3. The summed E-state index contributed by atoms with van der Waals surface area (Å²) in [4.78, 5) is 8.65. The minimum atomic E-state index is 0.817. The predicted octanol–water partition coefficient (Wildman–Crippen LogP) is 2.71. The van der Waals surface area contributed by atoms with Crippen molar-refractivity contribution in [3.8, 4) is 0 Å². The Bertz CT molecular complexity index is 421. The highest BCUT2D eigenvalue weighted by Crippen LogP contribution is 2.17. The highest BCUT2D eigenvalue weighted by atomic mass is 79.9. The molecule has 0 aliphatic heterocycles. The summed E-state index contributed by atoms with van der Waals surface area (Å²) >= 11 is 5.00. The average Bonchev–Trinajstić information content (AvgIpc) is 2.76. The van der Waals surface area contributed by atoms with Gasteiger partial charge < -0.3 is 4.57 Å². The van der Waals surface area contributed by atoms with Gasteiger partial charge in [0.05, 0.1) is 6.42 Å². The van der Waals surface area contributed by atoms with Gasteiger partial charge in [0.25, 0.3) is 0 Å². The van der Waals surface area contributed by atoms with E-state index in [1.807, 2.05) is 17.8 Å². The van der Waals surface area contributed by atoms with Crippen LogP contribution in [0.3, 0.4) is 0 Å². The maximum atomic E-state index is 4.34. The van der Waals surface area contributed by atoms with Gasteiger partial charge in [-0.25, -0.2) is 9.97 Å². The summed E-state index contributed by atoms with van der Waals surface area (Å²) in [5.74, 6) is 1.08. The molecule has 3 nitrogen and oxygen atoms in total. The molecule has 0 bridgehead atoms. The van der Waals surface area contributed by atoms with Crippen LogP contribution in [0.25, 0.3) is 0 Å². The van der Waals surface area contributed by atoms with Crippen molar-refractivity contribution >= 4 is 27.3 Å². The van der Waals surface area contributed by atoms with Gasteiger partial charge in [0.15, 0.2) is 0 Å². The summed E-state index contributed by atoms with van der Waals surface area (Å²) in [6, 6.07) is 0. The third-order valence-corrected chi connectivity index (χ3v) is 3.53. The number of aromatic nitrogens is 3. The smallest absolute Gasteiger partial charge is 0.117 e. The molecular formula is C9H10BrN3S. The maximum Gasteiger partial charge on any atom is 0.117 e. The zero-order valence-electron chi connectivity index (χ0n) is 7.77. The molecule has 0 unspecified atom stereocenters. The number of rotatable bonds is 3. The highest BCUT2D eigenvalue weighted by molar-refractivity contribution is 9.10. The van der Waals surface area contributed by atoms with Crippen molar-refractivity contribution in [3.63, 3.8) is 0 Å². The molecule has 0 saturated carbocycles. The fourth-order valence-electron chi connectivity index (χ4n) is 1.30. The third kappa shape index (κ3) is 2.04. The van der Waals surface area contributed by atoms with E-state index >= 15 is 0 Å². The van der Waals surface area contributed by atoms with Crippen molar-refractivity contribution in [1.82, 2.24) is 14.5 Å². The maximum absolute atomic E-state index is 4.34. The summed E-state index contributed by atoms with van der Waals surface area (Å²) in [6.07, 6.45) is 4.65. The van der Waals surface area contributed by atoms with Crippen LogP contribution in [0.2, 0.25) is 0 Å². The SMILES string of the molecule is CCn1ccnc1Cc1nc(Br)cs1. The second kappa shape index (κ2) is 4.23. The molecule has 5 heteroatoms. The summed E-state index contributed by atoms with van der Waals surface area (Å²) in [6.45, 7) is 3.07. The summed E-state index contributed by atoms with van der Waals surface area (Å²) in [5.41, 5.74) is 0. The molecule has 2 aromatic heterocycles. The van der Waals surface area contributed by atoms with Crippen molar-refractivity contribution in [2.75, 3.05) is 0 Å². The van der Waals surface area contributed by atoms with Crippen LogP contribution in [-0.2, 0) is 13.0 Å². The molecule has 0 fully saturated rings. The van der Waals surface area contributed by atoms with E-state index < -0.39 is 0 Å². The van der Waals surface area contributed by atoms with E-state index in [0.717, 1.165) is 28.4 Å². The van der Waals surface area contributed by atoms with Gasteiger partial charge in [-0.15, -0.1) is 11.3 Å². The monoisotopic (exact) mass is 271 g/mol. The normalized spacial score (nSPS) is 10.7. The second-order valence-electron chi connectivity index (χ2n) is 2.87. The van der Waals surface area contributed by atoms with Crippen molar-refractivity contribution < 1.29 is 0 Å². The van der Waals surface area contributed by atoms with Crippen molar-refractivity contribution in [3.05, 3.63) is 33.2 Å². The number of imidazole rings is 1. The number of aryl methyl sites for hydroxylation is 1. The molecule has 2 rings (SSSR count). The van der Waals surface area contributed by atoms with Crippen LogP contribution in [0, 0.1) is 0 Å². The van der Waals surface area contributed by atoms with E-state index in [2.05, 4.69) is 37.4 Å². The van der Waals surface area contributed by atoms with Gasteiger partial charge in [0, 0.05) is 24.3 Å². The van der Waals surface area contributed by atoms with Gasteiger partial charge in [-0.2, -0.15) is 0 Å².